The molecule has 9 nitrogen and oxygen atoms in total. The van der Waals surface area contributed by atoms with Gasteiger partial charge in [-0.1, -0.05) is 227 Å². The van der Waals surface area contributed by atoms with Crippen LogP contribution in [0.1, 0.15) is 258 Å². The van der Waals surface area contributed by atoms with Crippen molar-refractivity contribution >= 4 is 19.7 Å². The monoisotopic (exact) mass is 1080 g/mol. The van der Waals surface area contributed by atoms with E-state index in [1.54, 1.807) is 0 Å². The number of unbranched alkanes of at least 4 members (excludes halogenated alkanes) is 25. The van der Waals surface area contributed by atoms with Gasteiger partial charge in [0.15, 0.2) is 0 Å². The van der Waals surface area contributed by atoms with Crippen molar-refractivity contribution in [2.75, 3.05) is 40.9 Å². The molecule has 0 bridgehead atoms. The third-order valence-corrected chi connectivity index (χ3v) is 14.2. The maximum atomic E-state index is 13.5. The predicted molar refractivity (Wildman–Crippen MR) is 325 cm³/mol. The summed E-state index contributed by atoms with van der Waals surface area (Å²) in [4.78, 5) is 40.0. The lowest BCUT2D eigenvalue weighted by Gasteiger charge is -2.30. The highest BCUT2D eigenvalue weighted by Gasteiger charge is 2.27. The van der Waals surface area contributed by atoms with Gasteiger partial charge in [0.2, 0.25) is 5.91 Å². The van der Waals surface area contributed by atoms with E-state index in [4.69, 9.17) is 13.8 Å². The van der Waals surface area contributed by atoms with E-state index in [1.807, 2.05) is 33.3 Å². The molecule has 0 fully saturated rings. The van der Waals surface area contributed by atoms with Crippen LogP contribution in [0.4, 0.5) is 0 Å². The molecule has 438 valence electrons. The number of phosphoric acid groups is 1. The lowest BCUT2D eigenvalue weighted by Crippen LogP contribution is -2.47. The van der Waals surface area contributed by atoms with E-state index < -0.39 is 26.6 Å². The second kappa shape index (κ2) is 55.3. The Labute approximate surface area is 468 Å². The molecule has 0 rings (SSSR count). The number of carbonyl (C=O) groups is 2. The summed E-state index contributed by atoms with van der Waals surface area (Å²) in [5.74, 6) is -0.595. The second-order valence-corrected chi connectivity index (χ2v) is 23.3. The molecule has 0 aromatic rings. The van der Waals surface area contributed by atoms with Gasteiger partial charge in [0.05, 0.1) is 33.8 Å². The molecule has 0 aliphatic rings. The average molecular weight is 1080 g/mol. The van der Waals surface area contributed by atoms with Crippen molar-refractivity contribution in [2.24, 2.45) is 0 Å². The lowest BCUT2D eigenvalue weighted by atomic mass is 10.0. The largest absolute Gasteiger partial charge is 0.756 e. The van der Waals surface area contributed by atoms with Gasteiger partial charge < -0.3 is 28.5 Å². The molecule has 1 amide bonds. The molecular formula is C66H117N2O7P. The number of rotatable bonds is 55. The Morgan fingerprint density at radius 3 is 1.24 bits per heavy atom. The van der Waals surface area contributed by atoms with E-state index in [1.165, 1.54) is 103 Å². The Morgan fingerprint density at radius 1 is 0.461 bits per heavy atom. The lowest BCUT2D eigenvalue weighted by molar-refractivity contribution is -0.870. The van der Waals surface area contributed by atoms with Crippen LogP contribution in [-0.2, 0) is 27.9 Å². The molecule has 0 spiro atoms. The first kappa shape index (κ1) is 72.9. The molecule has 0 aromatic carbocycles. The minimum atomic E-state index is -4.72. The summed E-state index contributed by atoms with van der Waals surface area (Å²) in [5, 5.41) is 3.01. The first-order valence-electron chi connectivity index (χ1n) is 31.0. The maximum Gasteiger partial charge on any atom is 0.306 e. The first-order valence-corrected chi connectivity index (χ1v) is 32.5. The van der Waals surface area contributed by atoms with Gasteiger partial charge in [0, 0.05) is 12.8 Å². The van der Waals surface area contributed by atoms with Crippen LogP contribution in [0.25, 0.3) is 0 Å². The normalized spacial score (nSPS) is 14.4. The van der Waals surface area contributed by atoms with Gasteiger partial charge in [-0.2, -0.15) is 0 Å². The van der Waals surface area contributed by atoms with Gasteiger partial charge >= 0.3 is 5.97 Å². The molecule has 0 aliphatic heterocycles. The number of likely N-dealkylation sites (N-methyl/N-ethyl adjacent to an activating group) is 1. The Morgan fingerprint density at radius 2 is 0.803 bits per heavy atom. The van der Waals surface area contributed by atoms with Gasteiger partial charge in [0.1, 0.15) is 19.3 Å². The molecule has 3 unspecified atom stereocenters. The van der Waals surface area contributed by atoms with Gasteiger partial charge in [0.25, 0.3) is 7.82 Å². The van der Waals surface area contributed by atoms with E-state index in [0.29, 0.717) is 30.3 Å². The molecule has 0 saturated carbocycles. The topological polar surface area (TPSA) is 114 Å². The number of nitrogens with one attached hydrogen (secondary N) is 1. The first-order chi connectivity index (χ1) is 36.9. The predicted octanol–water partition coefficient (Wildman–Crippen LogP) is 18.5. The van der Waals surface area contributed by atoms with E-state index in [9.17, 15) is 19.0 Å². The van der Waals surface area contributed by atoms with Crippen molar-refractivity contribution in [2.45, 2.75) is 270 Å². The molecule has 0 heterocycles. The third-order valence-electron chi connectivity index (χ3n) is 13.2. The van der Waals surface area contributed by atoms with E-state index in [0.717, 1.165) is 109 Å². The average Bonchev–Trinajstić information content (AvgIpc) is 3.38. The van der Waals surface area contributed by atoms with Crippen molar-refractivity contribution in [3.8, 4) is 0 Å². The smallest absolute Gasteiger partial charge is 0.306 e. The van der Waals surface area contributed by atoms with E-state index >= 15 is 0 Å². The van der Waals surface area contributed by atoms with Gasteiger partial charge in [-0.25, -0.2) is 0 Å². The zero-order valence-electron chi connectivity index (χ0n) is 49.9. The summed E-state index contributed by atoms with van der Waals surface area (Å²) in [6.45, 7) is 6.75. The number of nitrogens with zero attached hydrogens (tertiary/aromatic N) is 1. The molecule has 0 aliphatic carbocycles. The molecule has 76 heavy (non-hydrogen) atoms. The molecule has 0 saturated heterocycles. The van der Waals surface area contributed by atoms with Gasteiger partial charge in [-0.3, -0.25) is 14.2 Å². The number of carbonyl (C=O) groups excluding carboxylic acids is 2. The SMILES string of the molecule is CCCCC/C=C\C/C=C\C/C=C\C/C=C\CCCCCC(=O)OC(/C=C/CCCCCCCCCCCC)C(COP(=O)([O-])OCC[N+](C)(C)C)NC(=O)CCCCCCCC/C=C\C/C=C\C/C=C\CCCCC. The minimum Gasteiger partial charge on any atom is -0.756 e. The van der Waals surface area contributed by atoms with Gasteiger partial charge in [-0.15, -0.1) is 0 Å². The van der Waals surface area contributed by atoms with Crippen LogP contribution in [0.2, 0.25) is 0 Å². The standard InChI is InChI=1S/C66H117N2O7P/c1-7-10-13-16-19-22-25-28-30-32-34-36-38-40-43-46-49-52-55-58-65(69)67-63(62-74-76(71,72)73-61-60-68(4,5)6)64(57-54-51-48-45-42-27-24-21-18-15-12-9-3)75-66(70)59-56-53-50-47-44-41-39-37-35-33-31-29-26-23-20-17-14-11-8-2/h19-20,22-23,28-31,34-37,41,44,54,57,63-64H,7-18,21,24-27,32-33,38-40,42-43,45-53,55-56,58-62H2,1-6H3,(H-,67,69,71,72)/b22-19-,23-20-,30-28-,31-29-,36-34-,37-35-,44-41-,57-54+. The molecular weight excluding hydrogens is 964 g/mol. The number of phosphoric ester groups is 1. The van der Waals surface area contributed by atoms with Crippen molar-refractivity contribution in [1.29, 1.82) is 0 Å². The fourth-order valence-corrected chi connectivity index (χ4v) is 9.12. The molecule has 10 heteroatoms. The number of hydrogen-bond acceptors (Lipinski definition) is 7. The number of hydrogen-bond donors (Lipinski definition) is 1. The van der Waals surface area contributed by atoms with E-state index in [-0.39, 0.29) is 24.9 Å². The summed E-state index contributed by atoms with van der Waals surface area (Å²) < 4.78 is 30.3. The number of esters is 1. The van der Waals surface area contributed by atoms with Crippen LogP contribution < -0.4 is 10.2 Å². The van der Waals surface area contributed by atoms with E-state index in [2.05, 4.69) is 111 Å². The minimum absolute atomic E-state index is 0.0350. The summed E-state index contributed by atoms with van der Waals surface area (Å²) in [7, 11) is 1.15. The van der Waals surface area contributed by atoms with Crippen LogP contribution in [-0.4, -0.2) is 69.4 Å². The van der Waals surface area contributed by atoms with Crippen molar-refractivity contribution in [3.05, 3.63) is 97.2 Å². The Bertz CT molecular complexity index is 1620. The Kier molecular flexibility index (Phi) is 53.0. The van der Waals surface area contributed by atoms with Gasteiger partial charge in [-0.05, 0) is 115 Å². The molecule has 3 atom stereocenters. The zero-order valence-corrected chi connectivity index (χ0v) is 50.8. The highest BCUT2D eigenvalue weighted by Crippen LogP contribution is 2.38. The summed E-state index contributed by atoms with van der Waals surface area (Å²) in [5.41, 5.74) is 0. The Balaban J connectivity index is 5.36. The van der Waals surface area contributed by atoms with Crippen molar-refractivity contribution in [3.63, 3.8) is 0 Å². The van der Waals surface area contributed by atoms with Crippen LogP contribution >= 0.6 is 7.82 Å². The van der Waals surface area contributed by atoms with Crippen LogP contribution in [0.15, 0.2) is 97.2 Å². The zero-order chi connectivity index (χ0) is 55.7. The molecule has 0 aromatic heterocycles. The second-order valence-electron chi connectivity index (χ2n) is 21.8. The highest BCUT2D eigenvalue weighted by molar-refractivity contribution is 7.45. The summed E-state index contributed by atoms with van der Waals surface area (Å²) in [6, 6.07) is -0.914. The fraction of sp³-hybridized carbons (Fsp3) is 0.727. The number of allylic oxidation sites excluding steroid dienone is 15. The van der Waals surface area contributed by atoms with Crippen molar-refractivity contribution < 1.29 is 37.3 Å². The highest BCUT2D eigenvalue weighted by atomic mass is 31.2. The van der Waals surface area contributed by atoms with Crippen molar-refractivity contribution in [1.82, 2.24) is 5.32 Å². The third kappa shape index (κ3) is 55.7. The molecule has 0 radical (unpaired) electrons. The van der Waals surface area contributed by atoms with Crippen LogP contribution in [0.3, 0.4) is 0 Å². The quantitative estimate of drug-likeness (QED) is 0.0212. The van der Waals surface area contributed by atoms with Crippen LogP contribution in [0.5, 0.6) is 0 Å². The number of amides is 1. The Hall–Kier alpha value is -3.07. The number of quaternary nitrogens is 1. The molecule has 1 N–H and O–H groups in total. The summed E-state index contributed by atoms with van der Waals surface area (Å²) in [6.07, 6.45) is 73.7. The number of ether oxygens (including phenoxy) is 1. The maximum absolute atomic E-state index is 13.5. The fourth-order valence-electron chi connectivity index (χ4n) is 8.39. The summed E-state index contributed by atoms with van der Waals surface area (Å²) >= 11 is 0. The van der Waals surface area contributed by atoms with Crippen LogP contribution in [0, 0.1) is 0 Å².